The molecule has 0 unspecified atom stereocenters. The van der Waals surface area contributed by atoms with Gasteiger partial charge in [0.25, 0.3) is 0 Å². The quantitative estimate of drug-likeness (QED) is 0.445. The molecular weight excluding hydrogens is 216 g/mol. The average molecular weight is 230 g/mol. The molecule has 2 N–H and O–H groups in total. The Morgan fingerprint density at radius 2 is 1.79 bits per heavy atom. The number of hydrogen-bond acceptors (Lipinski definition) is 4. The molecule has 0 radical (unpaired) electrons. The van der Waals surface area contributed by atoms with Crippen molar-refractivity contribution >= 4 is 21.6 Å². The first-order valence-electron chi connectivity index (χ1n) is 4.43. The molecule has 0 heterocycles. The van der Waals surface area contributed by atoms with E-state index in [-0.39, 0.29) is 0 Å². The molecular formula is C10H14O2S2. The van der Waals surface area contributed by atoms with E-state index in [4.69, 9.17) is 10.2 Å². The summed E-state index contributed by atoms with van der Waals surface area (Å²) in [6.07, 6.45) is -0.163. The fourth-order valence-electron chi connectivity index (χ4n) is 0.972. The van der Waals surface area contributed by atoms with Gasteiger partial charge in [0.15, 0.2) is 6.29 Å². The lowest BCUT2D eigenvalue weighted by molar-refractivity contribution is -0.0184. The minimum Gasteiger partial charge on any atom is -0.367 e. The number of aliphatic hydroxyl groups is 2. The summed E-state index contributed by atoms with van der Waals surface area (Å²) in [6, 6.07) is 10.3. The van der Waals surface area contributed by atoms with Crippen LogP contribution in [0, 0.1) is 0 Å². The van der Waals surface area contributed by atoms with Crippen LogP contribution in [0.2, 0.25) is 0 Å². The predicted molar refractivity (Wildman–Crippen MR) is 63.3 cm³/mol. The van der Waals surface area contributed by atoms with Crippen LogP contribution in [0.15, 0.2) is 30.3 Å². The minimum atomic E-state index is -1.19. The number of hydrogen-bond donors (Lipinski definition) is 2. The highest BCUT2D eigenvalue weighted by molar-refractivity contribution is 8.76. The lowest BCUT2D eigenvalue weighted by Crippen LogP contribution is -2.06. The van der Waals surface area contributed by atoms with E-state index in [1.807, 2.05) is 18.2 Å². The molecule has 0 aliphatic heterocycles. The van der Waals surface area contributed by atoms with E-state index in [1.54, 1.807) is 10.8 Å². The van der Waals surface area contributed by atoms with E-state index >= 15 is 0 Å². The van der Waals surface area contributed by atoms with Gasteiger partial charge in [-0.25, -0.2) is 0 Å². The summed E-state index contributed by atoms with van der Waals surface area (Å²) in [5, 5.41) is 17.2. The van der Waals surface area contributed by atoms with E-state index in [0.717, 1.165) is 12.2 Å². The van der Waals surface area contributed by atoms with Crippen molar-refractivity contribution in [2.24, 2.45) is 0 Å². The first-order valence-corrected chi connectivity index (χ1v) is 6.92. The lowest BCUT2D eigenvalue weighted by Gasteiger charge is -2.02. The monoisotopic (exact) mass is 230 g/mol. The van der Waals surface area contributed by atoms with Gasteiger partial charge >= 0.3 is 0 Å². The van der Waals surface area contributed by atoms with Crippen LogP contribution in [0.5, 0.6) is 0 Å². The summed E-state index contributed by atoms with van der Waals surface area (Å²) in [5.41, 5.74) is 1.32. The summed E-state index contributed by atoms with van der Waals surface area (Å²) in [6.45, 7) is 0. The van der Waals surface area contributed by atoms with Crippen LogP contribution in [-0.2, 0) is 6.42 Å². The second-order valence-corrected chi connectivity index (χ2v) is 5.45. The molecule has 2 nitrogen and oxygen atoms in total. The van der Waals surface area contributed by atoms with Crippen molar-refractivity contribution in [3.63, 3.8) is 0 Å². The summed E-state index contributed by atoms with van der Waals surface area (Å²) in [5.74, 6) is 1.38. The van der Waals surface area contributed by atoms with Gasteiger partial charge in [0.05, 0.1) is 5.75 Å². The first kappa shape index (κ1) is 11.9. The molecule has 1 rings (SSSR count). The number of rotatable bonds is 6. The Balaban J connectivity index is 2.05. The van der Waals surface area contributed by atoms with Crippen molar-refractivity contribution in [2.75, 3.05) is 11.5 Å². The smallest absolute Gasteiger partial charge is 0.161 e. The van der Waals surface area contributed by atoms with Gasteiger partial charge in [-0.3, -0.25) is 0 Å². The predicted octanol–water partition coefficient (Wildman–Crippen LogP) is 1.92. The van der Waals surface area contributed by atoms with Crippen molar-refractivity contribution < 1.29 is 10.2 Å². The van der Waals surface area contributed by atoms with Crippen molar-refractivity contribution in [1.29, 1.82) is 0 Å². The molecule has 0 bridgehead atoms. The molecule has 4 heteroatoms. The van der Waals surface area contributed by atoms with Crippen LogP contribution < -0.4 is 0 Å². The Morgan fingerprint density at radius 1 is 1.07 bits per heavy atom. The zero-order chi connectivity index (χ0) is 10.2. The highest BCUT2D eigenvalue weighted by Crippen LogP contribution is 2.22. The average Bonchev–Trinajstić information content (AvgIpc) is 2.18. The number of aliphatic hydroxyl groups excluding tert-OH is 1. The fourth-order valence-corrected chi connectivity index (χ4v) is 2.88. The van der Waals surface area contributed by atoms with Gasteiger partial charge < -0.3 is 10.2 Å². The molecule has 0 aliphatic carbocycles. The molecule has 0 aromatic heterocycles. The van der Waals surface area contributed by atoms with Crippen LogP contribution in [0.1, 0.15) is 5.56 Å². The molecule has 0 spiro atoms. The molecule has 0 aliphatic rings. The molecule has 0 amide bonds. The van der Waals surface area contributed by atoms with E-state index in [9.17, 15) is 0 Å². The maximum absolute atomic E-state index is 8.59. The Bertz CT molecular complexity index is 239. The van der Waals surface area contributed by atoms with Gasteiger partial charge in [-0.1, -0.05) is 51.9 Å². The van der Waals surface area contributed by atoms with Gasteiger partial charge in [0.2, 0.25) is 0 Å². The third-order valence-corrected chi connectivity index (χ3v) is 4.00. The Hall–Kier alpha value is -0.160. The van der Waals surface area contributed by atoms with Crippen LogP contribution >= 0.6 is 21.6 Å². The van der Waals surface area contributed by atoms with Crippen LogP contribution in [0.3, 0.4) is 0 Å². The first-order chi connectivity index (χ1) is 6.79. The second kappa shape index (κ2) is 7.17. The van der Waals surface area contributed by atoms with Gasteiger partial charge in [0.1, 0.15) is 0 Å². The van der Waals surface area contributed by atoms with Crippen LogP contribution in [0.4, 0.5) is 0 Å². The SMILES string of the molecule is OC(O)CSSCCc1ccccc1. The highest BCUT2D eigenvalue weighted by Gasteiger charge is 1.98. The molecule has 0 fully saturated rings. The van der Waals surface area contributed by atoms with Crippen molar-refractivity contribution in [3.05, 3.63) is 35.9 Å². The Labute approximate surface area is 92.1 Å². The van der Waals surface area contributed by atoms with E-state index in [2.05, 4.69) is 12.1 Å². The molecule has 0 saturated carbocycles. The number of aryl methyl sites for hydroxylation is 1. The van der Waals surface area contributed by atoms with Gasteiger partial charge in [-0.05, 0) is 12.0 Å². The van der Waals surface area contributed by atoms with E-state index < -0.39 is 6.29 Å². The number of benzene rings is 1. The molecule has 78 valence electrons. The zero-order valence-electron chi connectivity index (χ0n) is 7.80. The standard InChI is InChI=1S/C10H14O2S2/c11-10(12)8-14-13-7-6-9-4-2-1-3-5-9/h1-5,10-12H,6-8H2. The van der Waals surface area contributed by atoms with Gasteiger partial charge in [-0.15, -0.1) is 0 Å². The molecule has 0 saturated heterocycles. The third kappa shape index (κ3) is 5.54. The van der Waals surface area contributed by atoms with Crippen molar-refractivity contribution in [3.8, 4) is 0 Å². The van der Waals surface area contributed by atoms with Crippen molar-refractivity contribution in [2.45, 2.75) is 12.7 Å². The highest BCUT2D eigenvalue weighted by atomic mass is 33.1. The maximum Gasteiger partial charge on any atom is 0.161 e. The summed E-state index contributed by atoms with van der Waals surface area (Å²) in [4.78, 5) is 0. The lowest BCUT2D eigenvalue weighted by atomic mass is 10.2. The molecule has 0 atom stereocenters. The summed E-state index contributed by atoms with van der Waals surface area (Å²) in [7, 11) is 3.17. The fraction of sp³-hybridized carbons (Fsp3) is 0.400. The molecule has 14 heavy (non-hydrogen) atoms. The zero-order valence-corrected chi connectivity index (χ0v) is 9.43. The van der Waals surface area contributed by atoms with E-state index in [1.165, 1.54) is 16.4 Å². The normalized spacial score (nSPS) is 10.8. The Kier molecular flexibility index (Phi) is 6.10. The van der Waals surface area contributed by atoms with Crippen molar-refractivity contribution in [1.82, 2.24) is 0 Å². The van der Waals surface area contributed by atoms with Gasteiger partial charge in [0, 0.05) is 5.75 Å². The van der Waals surface area contributed by atoms with Crippen LogP contribution in [0.25, 0.3) is 0 Å². The molecule has 1 aromatic carbocycles. The van der Waals surface area contributed by atoms with Gasteiger partial charge in [-0.2, -0.15) is 0 Å². The summed E-state index contributed by atoms with van der Waals surface area (Å²) < 4.78 is 0. The third-order valence-electron chi connectivity index (χ3n) is 1.62. The largest absolute Gasteiger partial charge is 0.367 e. The Morgan fingerprint density at radius 3 is 2.43 bits per heavy atom. The minimum absolute atomic E-state index is 0.374. The van der Waals surface area contributed by atoms with Crippen LogP contribution in [-0.4, -0.2) is 28.0 Å². The maximum atomic E-state index is 8.59. The second-order valence-electron chi connectivity index (χ2n) is 2.82. The topological polar surface area (TPSA) is 40.5 Å². The summed E-state index contributed by atoms with van der Waals surface area (Å²) >= 11 is 0. The molecule has 1 aromatic rings. The van der Waals surface area contributed by atoms with E-state index in [0.29, 0.717) is 5.75 Å².